The lowest BCUT2D eigenvalue weighted by Crippen LogP contribution is -2.41. The van der Waals surface area contributed by atoms with E-state index >= 15 is 0 Å². The van der Waals surface area contributed by atoms with Crippen molar-refractivity contribution in [2.45, 2.75) is 25.8 Å². The largest absolute Gasteiger partial charge is 0.397 e. The Bertz CT molecular complexity index is 382. The Hall–Kier alpha value is -1.49. The first-order chi connectivity index (χ1) is 8.15. The number of nitrogens with zero attached hydrogens (tertiary/aromatic N) is 1. The van der Waals surface area contributed by atoms with E-state index in [-0.39, 0.29) is 11.9 Å². The predicted octanol–water partition coefficient (Wildman–Crippen LogP) is 0.811. The number of hydrogen-bond donors (Lipinski definition) is 3. The van der Waals surface area contributed by atoms with Crippen LogP contribution in [0.5, 0.6) is 0 Å². The fourth-order valence-electron chi connectivity index (χ4n) is 2.24. The summed E-state index contributed by atoms with van der Waals surface area (Å²) in [5, 5.41) is 2.97. The number of likely N-dealkylation sites (tertiary alicyclic amines) is 1. The Labute approximate surface area is 101 Å². The zero-order valence-corrected chi connectivity index (χ0v) is 10.2. The lowest BCUT2D eigenvalue weighted by atomic mass is 10.3. The summed E-state index contributed by atoms with van der Waals surface area (Å²) in [7, 11) is 0. The summed E-state index contributed by atoms with van der Waals surface area (Å²) in [5.74, 6) is -0.0894. The van der Waals surface area contributed by atoms with Crippen LogP contribution in [0, 0.1) is 0 Å². The molecule has 0 aromatic carbocycles. The van der Waals surface area contributed by atoms with Crippen LogP contribution in [-0.2, 0) is 0 Å². The van der Waals surface area contributed by atoms with Crippen molar-refractivity contribution in [2.24, 2.45) is 0 Å². The summed E-state index contributed by atoms with van der Waals surface area (Å²) in [6.07, 6.45) is 4.17. The van der Waals surface area contributed by atoms with Gasteiger partial charge in [-0.3, -0.25) is 4.79 Å². The maximum absolute atomic E-state index is 11.8. The average molecular weight is 236 g/mol. The number of hydrogen-bond acceptors (Lipinski definition) is 3. The number of aromatic amines is 1. The van der Waals surface area contributed by atoms with Gasteiger partial charge in [0.25, 0.3) is 5.91 Å². The molecule has 5 nitrogen and oxygen atoms in total. The van der Waals surface area contributed by atoms with E-state index in [1.165, 1.54) is 12.8 Å². The molecule has 0 radical (unpaired) electrons. The first kappa shape index (κ1) is 12.0. The normalized spacial score (nSPS) is 18.2. The molecule has 0 bridgehead atoms. The lowest BCUT2D eigenvalue weighted by molar-refractivity contribution is 0.0927. The summed E-state index contributed by atoms with van der Waals surface area (Å²) in [4.78, 5) is 17.1. The molecule has 1 aromatic rings. The van der Waals surface area contributed by atoms with Crippen LogP contribution in [0.1, 0.15) is 30.3 Å². The van der Waals surface area contributed by atoms with Crippen LogP contribution in [0.2, 0.25) is 0 Å². The third-order valence-corrected chi connectivity index (χ3v) is 3.06. The van der Waals surface area contributed by atoms with E-state index < -0.39 is 0 Å². The van der Waals surface area contributed by atoms with Gasteiger partial charge in [-0.05, 0) is 38.9 Å². The Morgan fingerprint density at radius 1 is 1.59 bits per heavy atom. The smallest absolute Gasteiger partial charge is 0.268 e. The van der Waals surface area contributed by atoms with E-state index in [9.17, 15) is 4.79 Å². The molecule has 94 valence electrons. The van der Waals surface area contributed by atoms with Crippen LogP contribution in [0.3, 0.4) is 0 Å². The van der Waals surface area contributed by atoms with Gasteiger partial charge in [0.1, 0.15) is 5.69 Å². The summed E-state index contributed by atoms with van der Waals surface area (Å²) in [6.45, 7) is 5.25. The van der Waals surface area contributed by atoms with Crippen LogP contribution in [0.4, 0.5) is 5.69 Å². The number of aromatic nitrogens is 1. The van der Waals surface area contributed by atoms with Crippen molar-refractivity contribution in [2.75, 3.05) is 25.4 Å². The highest BCUT2D eigenvalue weighted by atomic mass is 16.1. The van der Waals surface area contributed by atoms with E-state index in [1.807, 2.05) is 6.92 Å². The Morgan fingerprint density at radius 3 is 2.88 bits per heavy atom. The molecule has 1 fully saturated rings. The van der Waals surface area contributed by atoms with Gasteiger partial charge in [0.2, 0.25) is 0 Å². The van der Waals surface area contributed by atoms with Crippen molar-refractivity contribution < 1.29 is 4.79 Å². The van der Waals surface area contributed by atoms with Gasteiger partial charge in [0, 0.05) is 24.5 Å². The van der Waals surface area contributed by atoms with Crippen molar-refractivity contribution in [1.29, 1.82) is 0 Å². The zero-order valence-electron chi connectivity index (χ0n) is 10.2. The standard InChI is InChI=1S/C12H20N4O/c1-9(8-16-4-2-3-5-16)15-12(17)11-6-10(13)7-14-11/h6-7,9,14H,2-5,8,13H2,1H3,(H,15,17). The van der Waals surface area contributed by atoms with Gasteiger partial charge in [-0.25, -0.2) is 0 Å². The van der Waals surface area contributed by atoms with Crippen LogP contribution in [0.25, 0.3) is 0 Å². The molecule has 5 heteroatoms. The molecule has 1 unspecified atom stereocenters. The van der Waals surface area contributed by atoms with E-state index in [0.29, 0.717) is 11.4 Å². The zero-order chi connectivity index (χ0) is 12.3. The number of anilines is 1. The molecule has 1 aliphatic rings. The first-order valence-corrected chi connectivity index (χ1v) is 6.12. The highest BCUT2D eigenvalue weighted by Gasteiger charge is 2.16. The van der Waals surface area contributed by atoms with Crippen molar-refractivity contribution in [3.05, 3.63) is 18.0 Å². The quantitative estimate of drug-likeness (QED) is 0.724. The molecule has 1 aliphatic heterocycles. The highest BCUT2D eigenvalue weighted by Crippen LogP contribution is 2.08. The molecule has 1 amide bonds. The maximum atomic E-state index is 11.8. The second-order valence-electron chi connectivity index (χ2n) is 4.73. The van der Waals surface area contributed by atoms with Gasteiger partial charge in [0.15, 0.2) is 0 Å². The van der Waals surface area contributed by atoms with Crippen molar-refractivity contribution >= 4 is 11.6 Å². The number of nitrogen functional groups attached to an aromatic ring is 1. The van der Waals surface area contributed by atoms with Crippen LogP contribution >= 0.6 is 0 Å². The minimum atomic E-state index is -0.0894. The van der Waals surface area contributed by atoms with E-state index in [0.717, 1.165) is 19.6 Å². The molecule has 1 aromatic heterocycles. The minimum absolute atomic E-state index is 0.0894. The van der Waals surface area contributed by atoms with Crippen LogP contribution in [0.15, 0.2) is 12.3 Å². The number of H-pyrrole nitrogens is 1. The lowest BCUT2D eigenvalue weighted by Gasteiger charge is -2.20. The summed E-state index contributed by atoms with van der Waals surface area (Å²) < 4.78 is 0. The van der Waals surface area contributed by atoms with Crippen LogP contribution < -0.4 is 11.1 Å². The van der Waals surface area contributed by atoms with Gasteiger partial charge >= 0.3 is 0 Å². The van der Waals surface area contributed by atoms with E-state index in [4.69, 9.17) is 5.73 Å². The number of nitrogens with one attached hydrogen (secondary N) is 2. The van der Waals surface area contributed by atoms with Gasteiger partial charge in [-0.15, -0.1) is 0 Å². The Kier molecular flexibility index (Phi) is 3.68. The Morgan fingerprint density at radius 2 is 2.29 bits per heavy atom. The van der Waals surface area contributed by atoms with Gasteiger partial charge in [-0.2, -0.15) is 0 Å². The van der Waals surface area contributed by atoms with E-state index in [2.05, 4.69) is 15.2 Å². The molecule has 2 rings (SSSR count). The topological polar surface area (TPSA) is 74.2 Å². The monoisotopic (exact) mass is 236 g/mol. The molecule has 1 atom stereocenters. The number of nitrogens with two attached hydrogens (primary N) is 1. The molecule has 1 saturated heterocycles. The molecule has 0 spiro atoms. The van der Waals surface area contributed by atoms with E-state index in [1.54, 1.807) is 12.3 Å². The summed E-state index contributed by atoms with van der Waals surface area (Å²) in [6, 6.07) is 1.81. The van der Waals surface area contributed by atoms with Crippen molar-refractivity contribution in [1.82, 2.24) is 15.2 Å². The number of rotatable bonds is 4. The fraction of sp³-hybridized carbons (Fsp3) is 0.583. The van der Waals surface area contributed by atoms with Gasteiger partial charge in [0.05, 0.1) is 0 Å². The molecule has 17 heavy (non-hydrogen) atoms. The SMILES string of the molecule is CC(CN1CCCC1)NC(=O)c1cc(N)c[nH]1. The predicted molar refractivity (Wildman–Crippen MR) is 67.8 cm³/mol. The summed E-state index contributed by atoms with van der Waals surface area (Å²) >= 11 is 0. The number of amides is 1. The molecule has 0 saturated carbocycles. The van der Waals surface area contributed by atoms with Crippen molar-refractivity contribution in [3.8, 4) is 0 Å². The highest BCUT2D eigenvalue weighted by molar-refractivity contribution is 5.93. The Balaban J connectivity index is 1.81. The van der Waals surface area contributed by atoms with Crippen molar-refractivity contribution in [3.63, 3.8) is 0 Å². The molecular formula is C12H20N4O. The summed E-state index contributed by atoms with van der Waals surface area (Å²) in [5.41, 5.74) is 6.67. The fourth-order valence-corrected chi connectivity index (χ4v) is 2.24. The van der Waals surface area contributed by atoms with Gasteiger partial charge in [-0.1, -0.05) is 0 Å². The second kappa shape index (κ2) is 5.23. The van der Waals surface area contributed by atoms with Gasteiger partial charge < -0.3 is 20.9 Å². The minimum Gasteiger partial charge on any atom is -0.397 e. The molecule has 4 N–H and O–H groups in total. The maximum Gasteiger partial charge on any atom is 0.268 e. The third-order valence-electron chi connectivity index (χ3n) is 3.06. The number of carbonyl (C=O) groups is 1. The first-order valence-electron chi connectivity index (χ1n) is 6.12. The molecular weight excluding hydrogens is 216 g/mol. The molecule has 0 aliphatic carbocycles. The second-order valence-corrected chi connectivity index (χ2v) is 4.73. The van der Waals surface area contributed by atoms with Crippen LogP contribution in [-0.4, -0.2) is 41.5 Å². The molecule has 2 heterocycles. The number of carbonyl (C=O) groups excluding carboxylic acids is 1. The third kappa shape index (κ3) is 3.23. The average Bonchev–Trinajstić information content (AvgIpc) is 2.89.